The maximum Gasteiger partial charge on any atom is 0.343 e. The average molecular weight is 539 g/mol. The van der Waals surface area contributed by atoms with E-state index in [0.29, 0.717) is 5.57 Å². The number of aromatic nitrogens is 2. The molecule has 0 unspecified atom stereocenters. The molecule has 2 heterocycles. The van der Waals surface area contributed by atoms with Gasteiger partial charge < -0.3 is 23.7 Å². The van der Waals surface area contributed by atoms with Gasteiger partial charge in [-0.1, -0.05) is 0 Å². The van der Waals surface area contributed by atoms with E-state index in [9.17, 15) is 33.1 Å². The molecule has 4 aromatic rings. The van der Waals surface area contributed by atoms with Gasteiger partial charge >= 0.3 is 11.9 Å². The summed E-state index contributed by atoms with van der Waals surface area (Å²) in [5, 5.41) is 9.97. The predicted molar refractivity (Wildman–Crippen MR) is 139 cm³/mol. The monoisotopic (exact) mass is 538 g/mol. The second kappa shape index (κ2) is 11.3. The number of esters is 2. The van der Waals surface area contributed by atoms with Crippen LogP contribution in [0.25, 0.3) is 21.8 Å². The predicted octanol–water partition coefficient (Wildman–Crippen LogP) is 4.09. The fourth-order valence-corrected chi connectivity index (χ4v) is 4.28. The van der Waals surface area contributed by atoms with Gasteiger partial charge in [0.2, 0.25) is 10.9 Å². The molecule has 0 aliphatic heterocycles. The van der Waals surface area contributed by atoms with Crippen LogP contribution < -0.4 is 10.9 Å². The minimum Gasteiger partial charge on any atom is -0.516 e. The van der Waals surface area contributed by atoms with Crippen molar-refractivity contribution in [3.63, 3.8) is 0 Å². The van der Waals surface area contributed by atoms with Crippen molar-refractivity contribution in [1.82, 2.24) is 9.13 Å². The molecule has 0 saturated heterocycles. The summed E-state index contributed by atoms with van der Waals surface area (Å²) in [5.41, 5.74) is -1.19. The van der Waals surface area contributed by atoms with Crippen LogP contribution in [0.2, 0.25) is 0 Å². The quantitative estimate of drug-likeness (QED) is 0.265. The van der Waals surface area contributed by atoms with Gasteiger partial charge in [0.1, 0.15) is 22.8 Å². The molecular weight excluding hydrogens is 514 g/mol. The number of hydrogen-bond donors (Lipinski definition) is 1. The van der Waals surface area contributed by atoms with Crippen LogP contribution in [0.15, 0.2) is 70.2 Å². The molecule has 0 atom stereocenters. The Hall–Kier alpha value is -4.80. The maximum atomic E-state index is 14.0. The molecule has 1 N–H and O–H groups in total. The Bertz CT molecular complexity index is 1630. The van der Waals surface area contributed by atoms with Gasteiger partial charge in [0.25, 0.3) is 0 Å². The van der Waals surface area contributed by atoms with Gasteiger partial charge in [-0.05, 0) is 50.2 Å². The Kier molecular flexibility index (Phi) is 7.89. The van der Waals surface area contributed by atoms with Crippen molar-refractivity contribution in [2.24, 2.45) is 0 Å². The molecular formula is C28H24F2N2O7. The van der Waals surface area contributed by atoms with E-state index < -0.39 is 34.4 Å². The van der Waals surface area contributed by atoms with Crippen LogP contribution in [0, 0.1) is 11.6 Å². The second-order valence-corrected chi connectivity index (χ2v) is 8.55. The summed E-state index contributed by atoms with van der Waals surface area (Å²) >= 11 is 0. The number of aliphatic hydroxyl groups is 1. The zero-order valence-corrected chi connectivity index (χ0v) is 21.1. The number of carbonyl (C=O) groups excluding carboxylic acids is 2. The number of benzene rings is 2. The van der Waals surface area contributed by atoms with Crippen LogP contribution in [0.4, 0.5) is 8.78 Å². The first-order valence-corrected chi connectivity index (χ1v) is 12.0. The van der Waals surface area contributed by atoms with Crippen LogP contribution in [0.1, 0.15) is 34.6 Å². The van der Waals surface area contributed by atoms with Gasteiger partial charge in [-0.2, -0.15) is 0 Å². The first-order valence-electron chi connectivity index (χ1n) is 12.0. The maximum absolute atomic E-state index is 14.0. The van der Waals surface area contributed by atoms with E-state index in [0.717, 1.165) is 30.5 Å². The number of rotatable bonds is 8. The SMILES string of the molecule is CCOC(=O)c1cn(CC(=CO)Cn2cc(C(=O)OCC)c(=O)c3cc(F)ccc32)c2ccc(F)cc2c1=O. The molecule has 0 radical (unpaired) electrons. The van der Waals surface area contributed by atoms with Crippen molar-refractivity contribution in [2.45, 2.75) is 26.9 Å². The topological polar surface area (TPSA) is 117 Å². The minimum atomic E-state index is -0.885. The molecule has 0 aliphatic carbocycles. The Morgan fingerprint density at radius 3 is 1.56 bits per heavy atom. The van der Waals surface area contributed by atoms with Crippen LogP contribution in [0.5, 0.6) is 0 Å². The minimum absolute atomic E-state index is 0.0179. The molecule has 0 amide bonds. The van der Waals surface area contributed by atoms with Gasteiger partial charge in [0.05, 0.1) is 30.5 Å². The number of hydrogen-bond acceptors (Lipinski definition) is 7. The number of fused-ring (bicyclic) bond motifs is 2. The summed E-state index contributed by atoms with van der Waals surface area (Å²) in [5.74, 6) is -3.12. The Morgan fingerprint density at radius 2 is 1.21 bits per heavy atom. The van der Waals surface area contributed by atoms with Crippen LogP contribution in [-0.4, -0.2) is 39.4 Å². The summed E-state index contributed by atoms with van der Waals surface area (Å²) in [4.78, 5) is 50.7. The number of allylic oxidation sites excluding steroid dienone is 1. The summed E-state index contributed by atoms with van der Waals surface area (Å²) in [6.07, 6.45) is 3.31. The Balaban J connectivity index is 1.83. The van der Waals surface area contributed by atoms with Crippen molar-refractivity contribution in [2.75, 3.05) is 13.2 Å². The number of nitrogens with zero attached hydrogens (tertiary/aromatic N) is 2. The summed E-state index contributed by atoms with van der Waals surface area (Å²) < 4.78 is 40.9. The molecule has 4 rings (SSSR count). The van der Waals surface area contributed by atoms with E-state index in [1.165, 1.54) is 33.7 Å². The van der Waals surface area contributed by atoms with Gasteiger partial charge in [-0.3, -0.25) is 9.59 Å². The molecule has 0 spiro atoms. The molecule has 0 saturated carbocycles. The Labute approximate surface area is 220 Å². The lowest BCUT2D eigenvalue weighted by atomic mass is 10.1. The lowest BCUT2D eigenvalue weighted by molar-refractivity contribution is 0.0514. The van der Waals surface area contributed by atoms with Crippen molar-refractivity contribution in [3.05, 3.63) is 104 Å². The van der Waals surface area contributed by atoms with Gasteiger partial charge in [-0.15, -0.1) is 0 Å². The summed E-state index contributed by atoms with van der Waals surface area (Å²) in [7, 11) is 0. The third kappa shape index (κ3) is 5.42. The first-order chi connectivity index (χ1) is 18.7. The molecule has 39 heavy (non-hydrogen) atoms. The highest BCUT2D eigenvalue weighted by Crippen LogP contribution is 2.20. The molecule has 2 aromatic carbocycles. The van der Waals surface area contributed by atoms with E-state index in [4.69, 9.17) is 9.47 Å². The van der Waals surface area contributed by atoms with E-state index in [2.05, 4.69) is 0 Å². The van der Waals surface area contributed by atoms with Crippen molar-refractivity contribution in [1.29, 1.82) is 0 Å². The van der Waals surface area contributed by atoms with Crippen LogP contribution >= 0.6 is 0 Å². The average Bonchev–Trinajstić information content (AvgIpc) is 2.91. The number of carbonyl (C=O) groups is 2. The molecule has 0 aliphatic rings. The van der Waals surface area contributed by atoms with Crippen LogP contribution in [0.3, 0.4) is 0 Å². The van der Waals surface area contributed by atoms with E-state index in [1.807, 2.05) is 0 Å². The molecule has 0 fully saturated rings. The number of ether oxygens (including phenoxy) is 2. The van der Waals surface area contributed by atoms with Crippen molar-refractivity contribution in [3.8, 4) is 0 Å². The summed E-state index contributed by atoms with van der Waals surface area (Å²) in [6.45, 7) is 3.02. The lowest BCUT2D eigenvalue weighted by Gasteiger charge is -2.18. The van der Waals surface area contributed by atoms with Crippen molar-refractivity contribution >= 4 is 33.7 Å². The van der Waals surface area contributed by atoms with Gasteiger partial charge in [0.15, 0.2) is 0 Å². The third-order valence-corrected chi connectivity index (χ3v) is 6.00. The van der Waals surface area contributed by atoms with E-state index in [-0.39, 0.29) is 59.2 Å². The van der Waals surface area contributed by atoms with E-state index >= 15 is 0 Å². The van der Waals surface area contributed by atoms with Crippen molar-refractivity contribution < 1.29 is 33.0 Å². The smallest absolute Gasteiger partial charge is 0.343 e. The standard InChI is InChI=1S/C28H24F2N2O7/c1-3-38-27(36)21-13-31(23-7-5-17(29)9-19(23)25(21)34)11-16(15-33)12-32-14-22(28(37)39-4-2)26(35)20-10-18(30)6-8-24(20)32/h5-10,13-15,33H,3-4,11-12H2,1-2H3. The first kappa shape index (κ1) is 27.2. The fourth-order valence-electron chi connectivity index (χ4n) is 4.28. The highest BCUT2D eigenvalue weighted by Gasteiger charge is 2.20. The zero-order valence-electron chi connectivity index (χ0n) is 21.1. The molecule has 9 nitrogen and oxygen atoms in total. The normalized spacial score (nSPS) is 11.0. The highest BCUT2D eigenvalue weighted by atomic mass is 19.1. The van der Waals surface area contributed by atoms with Gasteiger partial charge in [0, 0.05) is 41.8 Å². The Morgan fingerprint density at radius 1 is 0.795 bits per heavy atom. The molecule has 2 aromatic heterocycles. The largest absolute Gasteiger partial charge is 0.516 e. The third-order valence-electron chi connectivity index (χ3n) is 6.00. The zero-order chi connectivity index (χ0) is 28.3. The number of halogens is 2. The number of pyridine rings is 2. The molecule has 202 valence electrons. The van der Waals surface area contributed by atoms with E-state index in [1.54, 1.807) is 13.8 Å². The summed E-state index contributed by atoms with van der Waals surface area (Å²) in [6, 6.07) is 7.06. The van der Waals surface area contributed by atoms with Gasteiger partial charge in [-0.25, -0.2) is 18.4 Å². The number of aliphatic hydroxyl groups excluding tert-OH is 1. The molecule has 11 heteroatoms. The second-order valence-electron chi connectivity index (χ2n) is 8.55. The molecule has 0 bridgehead atoms. The van der Waals surface area contributed by atoms with Crippen LogP contribution in [-0.2, 0) is 22.6 Å². The lowest BCUT2D eigenvalue weighted by Crippen LogP contribution is -2.23. The fraction of sp³-hybridized carbons (Fsp3) is 0.214. The highest BCUT2D eigenvalue weighted by molar-refractivity contribution is 5.94.